The lowest BCUT2D eigenvalue weighted by Gasteiger charge is -2.15. The van der Waals surface area contributed by atoms with Gasteiger partial charge in [-0.3, -0.25) is 4.79 Å². The molecule has 0 aliphatic carbocycles. The number of aryl methyl sites for hydroxylation is 2. The number of pyridine rings is 1. The molecule has 0 fully saturated rings. The lowest BCUT2D eigenvalue weighted by molar-refractivity contribution is 0.647. The minimum atomic E-state index is 0.113. The van der Waals surface area contributed by atoms with Gasteiger partial charge in [-0.25, -0.2) is 0 Å². The first-order valence-electron chi connectivity index (χ1n) is 7.53. The molecule has 0 bridgehead atoms. The minimum absolute atomic E-state index is 0.113. The Hall–Kier alpha value is -1.87. The highest BCUT2D eigenvalue weighted by Crippen LogP contribution is 2.22. The Kier molecular flexibility index (Phi) is 4.97. The zero-order chi connectivity index (χ0) is 15.4. The molecular weight excluding hydrogens is 260 g/mol. The Morgan fingerprint density at radius 3 is 2.48 bits per heavy atom. The average Bonchev–Trinajstić information content (AvgIpc) is 2.47. The average molecular weight is 284 g/mol. The summed E-state index contributed by atoms with van der Waals surface area (Å²) in [6.07, 6.45) is 0.945. The van der Waals surface area contributed by atoms with Gasteiger partial charge in [0.25, 0.3) is 5.56 Å². The second-order valence-electron chi connectivity index (χ2n) is 5.53. The molecule has 3 nitrogen and oxygen atoms in total. The highest BCUT2D eigenvalue weighted by atomic mass is 16.1. The van der Waals surface area contributed by atoms with E-state index in [9.17, 15) is 4.79 Å². The van der Waals surface area contributed by atoms with Crippen LogP contribution < -0.4 is 10.9 Å². The molecule has 112 valence electrons. The molecule has 0 aliphatic heterocycles. The van der Waals surface area contributed by atoms with Gasteiger partial charge in [-0.1, -0.05) is 25.1 Å². The molecule has 0 radical (unpaired) electrons. The molecule has 0 spiro atoms. The topological polar surface area (TPSA) is 34.0 Å². The maximum absolute atomic E-state index is 12.6. The van der Waals surface area contributed by atoms with Gasteiger partial charge in [0.2, 0.25) is 0 Å². The van der Waals surface area contributed by atoms with Gasteiger partial charge in [-0.05, 0) is 56.1 Å². The number of hydrogen-bond acceptors (Lipinski definition) is 2. The highest BCUT2D eigenvalue weighted by molar-refractivity contribution is 5.61. The van der Waals surface area contributed by atoms with E-state index in [2.05, 4.69) is 50.4 Å². The highest BCUT2D eigenvalue weighted by Gasteiger charge is 2.10. The van der Waals surface area contributed by atoms with Crippen molar-refractivity contribution in [3.05, 3.63) is 57.4 Å². The van der Waals surface area contributed by atoms with Crippen LogP contribution in [0.4, 0.5) is 0 Å². The SMILES string of the molecule is CCCn1c(-c2ccc(C)c(C)c2)ccc(CNC)c1=O. The molecule has 2 aromatic rings. The largest absolute Gasteiger partial charge is 0.315 e. The molecule has 2 rings (SSSR count). The van der Waals surface area contributed by atoms with Crippen molar-refractivity contribution in [2.24, 2.45) is 0 Å². The molecule has 1 N–H and O–H groups in total. The minimum Gasteiger partial charge on any atom is -0.315 e. The molecule has 21 heavy (non-hydrogen) atoms. The van der Waals surface area contributed by atoms with E-state index in [1.165, 1.54) is 11.1 Å². The fraction of sp³-hybridized carbons (Fsp3) is 0.389. The van der Waals surface area contributed by atoms with E-state index in [1.54, 1.807) is 0 Å². The van der Waals surface area contributed by atoms with E-state index in [0.29, 0.717) is 6.54 Å². The van der Waals surface area contributed by atoms with Crippen molar-refractivity contribution in [3.63, 3.8) is 0 Å². The summed E-state index contributed by atoms with van der Waals surface area (Å²) in [5.74, 6) is 0. The van der Waals surface area contributed by atoms with Crippen LogP contribution in [0.2, 0.25) is 0 Å². The van der Waals surface area contributed by atoms with Crippen molar-refractivity contribution in [1.82, 2.24) is 9.88 Å². The Morgan fingerprint density at radius 2 is 1.86 bits per heavy atom. The number of hydrogen-bond donors (Lipinski definition) is 1. The third kappa shape index (κ3) is 3.24. The predicted molar refractivity (Wildman–Crippen MR) is 88.7 cm³/mol. The van der Waals surface area contributed by atoms with Crippen LogP contribution in [-0.4, -0.2) is 11.6 Å². The van der Waals surface area contributed by atoms with E-state index in [0.717, 1.165) is 29.8 Å². The number of nitrogens with one attached hydrogen (secondary N) is 1. The van der Waals surface area contributed by atoms with Crippen molar-refractivity contribution < 1.29 is 0 Å². The van der Waals surface area contributed by atoms with Gasteiger partial charge in [0, 0.05) is 18.7 Å². The van der Waals surface area contributed by atoms with E-state index in [1.807, 2.05) is 17.7 Å². The number of rotatable bonds is 5. The monoisotopic (exact) mass is 284 g/mol. The van der Waals surface area contributed by atoms with Crippen LogP contribution in [0.15, 0.2) is 35.1 Å². The van der Waals surface area contributed by atoms with Crippen LogP contribution in [-0.2, 0) is 13.1 Å². The van der Waals surface area contributed by atoms with E-state index >= 15 is 0 Å². The van der Waals surface area contributed by atoms with Gasteiger partial charge >= 0.3 is 0 Å². The molecule has 1 heterocycles. The van der Waals surface area contributed by atoms with Crippen molar-refractivity contribution in [2.75, 3.05) is 7.05 Å². The summed E-state index contributed by atoms with van der Waals surface area (Å²) in [7, 11) is 1.86. The normalized spacial score (nSPS) is 10.9. The molecule has 0 saturated carbocycles. The quantitative estimate of drug-likeness (QED) is 0.914. The van der Waals surface area contributed by atoms with Gasteiger partial charge in [-0.15, -0.1) is 0 Å². The third-order valence-corrected chi connectivity index (χ3v) is 3.87. The van der Waals surface area contributed by atoms with Crippen molar-refractivity contribution in [2.45, 2.75) is 40.3 Å². The summed E-state index contributed by atoms with van der Waals surface area (Å²) >= 11 is 0. The number of aromatic nitrogens is 1. The summed E-state index contributed by atoms with van der Waals surface area (Å²) in [5.41, 5.74) is 5.57. The van der Waals surface area contributed by atoms with Crippen LogP contribution in [0.5, 0.6) is 0 Å². The van der Waals surface area contributed by atoms with Gasteiger partial charge < -0.3 is 9.88 Å². The zero-order valence-corrected chi connectivity index (χ0v) is 13.4. The molecule has 3 heteroatoms. The van der Waals surface area contributed by atoms with E-state index in [-0.39, 0.29) is 5.56 Å². The van der Waals surface area contributed by atoms with Crippen molar-refractivity contribution >= 4 is 0 Å². The molecule has 0 unspecified atom stereocenters. The van der Waals surface area contributed by atoms with Crippen LogP contribution >= 0.6 is 0 Å². The van der Waals surface area contributed by atoms with Crippen LogP contribution in [0.1, 0.15) is 30.0 Å². The van der Waals surface area contributed by atoms with Gasteiger partial charge in [0.15, 0.2) is 0 Å². The lowest BCUT2D eigenvalue weighted by atomic mass is 10.0. The van der Waals surface area contributed by atoms with E-state index in [4.69, 9.17) is 0 Å². The fourth-order valence-electron chi connectivity index (χ4n) is 2.55. The molecule has 0 atom stereocenters. The second-order valence-corrected chi connectivity index (χ2v) is 5.53. The van der Waals surface area contributed by atoms with Gasteiger partial charge in [-0.2, -0.15) is 0 Å². The first-order chi connectivity index (χ1) is 10.1. The second kappa shape index (κ2) is 6.72. The molecule has 0 aliphatic rings. The van der Waals surface area contributed by atoms with Crippen LogP contribution in [0.25, 0.3) is 11.3 Å². The predicted octanol–water partition coefficient (Wildman–Crippen LogP) is 3.26. The Morgan fingerprint density at radius 1 is 1.10 bits per heavy atom. The first kappa shape index (κ1) is 15.5. The van der Waals surface area contributed by atoms with Crippen molar-refractivity contribution in [3.8, 4) is 11.3 Å². The molecule has 0 saturated heterocycles. The van der Waals surface area contributed by atoms with E-state index < -0.39 is 0 Å². The fourth-order valence-corrected chi connectivity index (χ4v) is 2.55. The number of nitrogens with zero attached hydrogens (tertiary/aromatic N) is 1. The molecular formula is C18H24N2O. The summed E-state index contributed by atoms with van der Waals surface area (Å²) in [5, 5.41) is 3.06. The summed E-state index contributed by atoms with van der Waals surface area (Å²) < 4.78 is 1.90. The zero-order valence-electron chi connectivity index (χ0n) is 13.4. The summed E-state index contributed by atoms with van der Waals surface area (Å²) in [6, 6.07) is 10.4. The van der Waals surface area contributed by atoms with Gasteiger partial charge in [0.05, 0.1) is 5.69 Å². The standard InChI is InChI=1S/C18H24N2O/c1-5-10-20-17(9-8-16(12-19-4)18(20)21)15-7-6-13(2)14(3)11-15/h6-9,11,19H,5,10,12H2,1-4H3. The van der Waals surface area contributed by atoms with Gasteiger partial charge in [0.1, 0.15) is 0 Å². The molecule has 1 aromatic carbocycles. The van der Waals surface area contributed by atoms with Crippen LogP contribution in [0, 0.1) is 13.8 Å². The summed E-state index contributed by atoms with van der Waals surface area (Å²) in [4.78, 5) is 12.6. The molecule has 0 amide bonds. The molecule has 1 aromatic heterocycles. The Bertz CT molecular complexity index is 686. The Labute approximate surface area is 126 Å². The Balaban J connectivity index is 2.59. The summed E-state index contributed by atoms with van der Waals surface area (Å²) in [6.45, 7) is 7.67. The first-order valence-corrected chi connectivity index (χ1v) is 7.53. The van der Waals surface area contributed by atoms with Crippen molar-refractivity contribution in [1.29, 1.82) is 0 Å². The van der Waals surface area contributed by atoms with Crippen LogP contribution in [0.3, 0.4) is 0 Å². The third-order valence-electron chi connectivity index (χ3n) is 3.87. The lowest BCUT2D eigenvalue weighted by Crippen LogP contribution is -2.27. The maximum atomic E-state index is 12.6. The number of benzene rings is 1. The smallest absolute Gasteiger partial charge is 0.255 e. The maximum Gasteiger partial charge on any atom is 0.255 e.